The molecule has 0 spiro atoms. The van der Waals surface area contributed by atoms with Crippen LogP contribution in [0.5, 0.6) is 0 Å². The van der Waals surface area contributed by atoms with Crippen LogP contribution in [0.25, 0.3) is 0 Å². The van der Waals surface area contributed by atoms with Gasteiger partial charge >= 0.3 is 5.97 Å². The fourth-order valence-electron chi connectivity index (χ4n) is 4.18. The predicted octanol–water partition coefficient (Wildman–Crippen LogP) is 3.41. The van der Waals surface area contributed by atoms with E-state index < -0.39 is 10.0 Å². The number of nitrogens with zero attached hydrogens (tertiary/aromatic N) is 1. The van der Waals surface area contributed by atoms with Crippen molar-refractivity contribution in [3.8, 4) is 0 Å². The van der Waals surface area contributed by atoms with E-state index in [1.807, 2.05) is 13.0 Å². The second kappa shape index (κ2) is 6.68. The van der Waals surface area contributed by atoms with Gasteiger partial charge in [-0.15, -0.1) is 0 Å². The van der Waals surface area contributed by atoms with Crippen molar-refractivity contribution in [2.75, 3.05) is 18.0 Å². The average molecular weight is 385 g/mol. The molecule has 0 unspecified atom stereocenters. The van der Waals surface area contributed by atoms with E-state index in [1.54, 1.807) is 24.3 Å². The molecule has 5 nitrogen and oxygen atoms in total. The molecule has 0 atom stereocenters. The van der Waals surface area contributed by atoms with Crippen molar-refractivity contribution in [3.05, 3.63) is 58.1 Å². The second-order valence-electron chi connectivity index (χ2n) is 7.23. The van der Waals surface area contributed by atoms with Crippen LogP contribution in [0.4, 0.5) is 5.69 Å². The number of aryl methyl sites for hydroxylation is 2. The minimum atomic E-state index is -3.66. The molecule has 2 aromatic rings. The Morgan fingerprint density at radius 1 is 1.04 bits per heavy atom. The molecule has 1 heterocycles. The normalized spacial score (nSPS) is 16.0. The maximum absolute atomic E-state index is 13.2. The molecular formula is C21H23NO4S. The Bertz CT molecular complexity index is 1010. The number of esters is 1. The number of methoxy groups -OCH3 is 1. The minimum absolute atomic E-state index is 0.276. The van der Waals surface area contributed by atoms with Gasteiger partial charge in [-0.3, -0.25) is 4.31 Å². The summed E-state index contributed by atoms with van der Waals surface area (Å²) in [6.45, 7) is 2.27. The summed E-state index contributed by atoms with van der Waals surface area (Å²) in [5.74, 6) is -0.361. The highest BCUT2D eigenvalue weighted by molar-refractivity contribution is 7.92. The highest BCUT2D eigenvalue weighted by atomic mass is 32.2. The summed E-state index contributed by atoms with van der Waals surface area (Å²) in [4.78, 5) is 12.8. The van der Waals surface area contributed by atoms with E-state index in [0.717, 1.165) is 47.9 Å². The fraction of sp³-hybridized carbons (Fsp3) is 0.381. The van der Waals surface area contributed by atoms with E-state index in [9.17, 15) is 13.2 Å². The molecule has 0 N–H and O–H groups in total. The molecule has 4 rings (SSSR count). The number of hydrogen-bond donors (Lipinski definition) is 0. The van der Waals surface area contributed by atoms with Crippen LogP contribution in [0.2, 0.25) is 0 Å². The van der Waals surface area contributed by atoms with Crippen LogP contribution in [0.15, 0.2) is 35.2 Å². The molecule has 2 aromatic carbocycles. The molecule has 1 aliphatic heterocycles. The van der Waals surface area contributed by atoms with E-state index in [2.05, 4.69) is 0 Å². The Hall–Kier alpha value is -2.34. The summed E-state index contributed by atoms with van der Waals surface area (Å²) < 4.78 is 33.0. The molecular weight excluding hydrogens is 362 g/mol. The van der Waals surface area contributed by atoms with Crippen molar-refractivity contribution in [3.63, 3.8) is 0 Å². The van der Waals surface area contributed by atoms with Crippen LogP contribution in [-0.4, -0.2) is 28.0 Å². The highest BCUT2D eigenvalue weighted by Crippen LogP contribution is 2.40. The molecule has 27 heavy (non-hydrogen) atoms. The van der Waals surface area contributed by atoms with Gasteiger partial charge in [0.05, 0.1) is 23.3 Å². The minimum Gasteiger partial charge on any atom is -0.465 e. The van der Waals surface area contributed by atoms with Crippen LogP contribution < -0.4 is 4.31 Å². The van der Waals surface area contributed by atoms with Crippen LogP contribution in [0.3, 0.4) is 0 Å². The van der Waals surface area contributed by atoms with Crippen molar-refractivity contribution in [1.29, 1.82) is 0 Å². The zero-order valence-corrected chi connectivity index (χ0v) is 16.4. The van der Waals surface area contributed by atoms with E-state index in [-0.39, 0.29) is 10.9 Å². The molecule has 142 valence electrons. The lowest BCUT2D eigenvalue weighted by molar-refractivity contribution is 0.0598. The number of fused-ring (bicyclic) bond motifs is 2. The number of carbonyl (C=O) groups excluding carboxylic acids is 1. The summed E-state index contributed by atoms with van der Waals surface area (Å²) in [6, 6.07) is 8.87. The monoisotopic (exact) mass is 385 g/mol. The number of rotatable bonds is 3. The Morgan fingerprint density at radius 3 is 2.44 bits per heavy atom. The Balaban J connectivity index is 1.86. The molecule has 1 aliphatic carbocycles. The van der Waals surface area contributed by atoms with Gasteiger partial charge in [-0.25, -0.2) is 13.2 Å². The molecule has 0 aromatic heterocycles. The van der Waals surface area contributed by atoms with Crippen molar-refractivity contribution in [2.24, 2.45) is 0 Å². The first-order valence-corrected chi connectivity index (χ1v) is 10.7. The third-order valence-electron chi connectivity index (χ3n) is 5.57. The number of anilines is 1. The number of ether oxygens (including phenoxy) is 1. The van der Waals surface area contributed by atoms with Gasteiger partial charge in [0.25, 0.3) is 10.0 Å². The SMILES string of the molecule is COC(=O)c1c2c(cc3c1CCN3S(=O)(=O)c1ccc(C)cc1)CCCC2. The average Bonchev–Trinajstić information content (AvgIpc) is 3.10. The molecule has 0 radical (unpaired) electrons. The van der Waals surface area contributed by atoms with E-state index >= 15 is 0 Å². The lowest BCUT2D eigenvalue weighted by Crippen LogP contribution is -2.29. The fourth-order valence-corrected chi connectivity index (χ4v) is 5.67. The third-order valence-corrected chi connectivity index (χ3v) is 7.39. The highest BCUT2D eigenvalue weighted by Gasteiger charge is 2.36. The first-order valence-electron chi connectivity index (χ1n) is 9.29. The van der Waals surface area contributed by atoms with Gasteiger partial charge in [-0.05, 0) is 73.9 Å². The van der Waals surface area contributed by atoms with Gasteiger partial charge in [0.15, 0.2) is 0 Å². The lowest BCUT2D eigenvalue weighted by atomic mass is 9.85. The molecule has 0 fully saturated rings. The van der Waals surface area contributed by atoms with Crippen molar-refractivity contribution < 1.29 is 17.9 Å². The summed E-state index contributed by atoms with van der Waals surface area (Å²) in [6.07, 6.45) is 4.33. The maximum atomic E-state index is 13.2. The zero-order chi connectivity index (χ0) is 19.2. The Labute approximate surface area is 160 Å². The number of hydrogen-bond acceptors (Lipinski definition) is 4. The first kappa shape index (κ1) is 18.0. The van der Waals surface area contributed by atoms with Gasteiger partial charge in [-0.2, -0.15) is 0 Å². The Morgan fingerprint density at radius 2 is 1.74 bits per heavy atom. The van der Waals surface area contributed by atoms with Crippen molar-refractivity contribution in [1.82, 2.24) is 0 Å². The van der Waals surface area contributed by atoms with Gasteiger partial charge in [0.2, 0.25) is 0 Å². The topological polar surface area (TPSA) is 63.7 Å². The first-order chi connectivity index (χ1) is 12.9. The summed E-state index contributed by atoms with van der Waals surface area (Å²) in [5.41, 5.74) is 5.16. The molecule has 0 saturated heterocycles. The maximum Gasteiger partial charge on any atom is 0.338 e. The largest absolute Gasteiger partial charge is 0.465 e. The molecule has 0 bridgehead atoms. The van der Waals surface area contributed by atoms with Crippen LogP contribution in [0.1, 0.15) is 45.5 Å². The number of carbonyl (C=O) groups is 1. The van der Waals surface area contributed by atoms with Crippen molar-refractivity contribution >= 4 is 21.7 Å². The second-order valence-corrected chi connectivity index (χ2v) is 9.09. The van der Waals surface area contributed by atoms with E-state index in [0.29, 0.717) is 24.2 Å². The molecule has 0 amide bonds. The molecule has 2 aliphatic rings. The molecule has 6 heteroatoms. The lowest BCUT2D eigenvalue weighted by Gasteiger charge is -2.24. The van der Waals surface area contributed by atoms with Crippen molar-refractivity contribution in [2.45, 2.75) is 43.9 Å². The van der Waals surface area contributed by atoms with Crippen LogP contribution in [-0.2, 0) is 34.0 Å². The number of sulfonamides is 1. The summed E-state index contributed by atoms with van der Waals surface area (Å²) in [7, 11) is -2.28. The third kappa shape index (κ3) is 2.92. The van der Waals surface area contributed by atoms with Gasteiger partial charge in [-0.1, -0.05) is 17.7 Å². The van der Waals surface area contributed by atoms with Crippen LogP contribution >= 0.6 is 0 Å². The number of benzene rings is 2. The standard InChI is InChI=1S/C21H23NO4S/c1-14-7-9-16(10-8-14)27(24,25)22-12-11-18-19(22)13-15-5-3-4-6-17(15)20(18)21(23)26-2/h7-10,13H,3-6,11-12H2,1-2H3. The smallest absolute Gasteiger partial charge is 0.338 e. The van der Waals surface area contributed by atoms with Gasteiger partial charge in [0.1, 0.15) is 0 Å². The summed E-state index contributed by atoms with van der Waals surface area (Å²) in [5, 5.41) is 0. The van der Waals surface area contributed by atoms with Gasteiger partial charge < -0.3 is 4.74 Å². The van der Waals surface area contributed by atoms with Gasteiger partial charge in [0, 0.05) is 6.54 Å². The van der Waals surface area contributed by atoms with Crippen LogP contribution in [0, 0.1) is 6.92 Å². The summed E-state index contributed by atoms with van der Waals surface area (Å²) >= 11 is 0. The molecule has 0 saturated carbocycles. The van der Waals surface area contributed by atoms with E-state index in [4.69, 9.17) is 4.74 Å². The quantitative estimate of drug-likeness (QED) is 0.760. The zero-order valence-electron chi connectivity index (χ0n) is 15.6. The predicted molar refractivity (Wildman–Crippen MR) is 104 cm³/mol. The Kier molecular flexibility index (Phi) is 4.46. The van der Waals surface area contributed by atoms with E-state index in [1.165, 1.54) is 11.4 Å².